The van der Waals surface area contributed by atoms with Crippen LogP contribution in [-0.4, -0.2) is 92.9 Å². The molecule has 0 radical (unpaired) electrons. The number of ether oxygens (including phenoxy) is 4. The van der Waals surface area contributed by atoms with Crippen molar-refractivity contribution < 1.29 is 62.9 Å². The number of carbonyl (C=O) groups excluding carboxylic acids is 4. The number of aromatic nitrogens is 5. The van der Waals surface area contributed by atoms with Crippen LogP contribution < -0.4 is 18.9 Å². The Kier molecular flexibility index (Phi) is 29.3. The first-order valence-corrected chi connectivity index (χ1v) is 33.9. The Hall–Kier alpha value is -12.6. The van der Waals surface area contributed by atoms with Crippen molar-refractivity contribution in [3.8, 4) is 91.2 Å². The summed E-state index contributed by atoms with van der Waals surface area (Å²) in [5, 5.41) is 38.9. The zero-order chi connectivity index (χ0) is 74.8. The van der Waals surface area contributed by atoms with Crippen molar-refractivity contribution in [2.24, 2.45) is 0 Å². The quantitative estimate of drug-likeness (QED) is 0.0324. The van der Waals surface area contributed by atoms with E-state index in [4.69, 9.17) is 25.5 Å². The molecule has 106 heavy (non-hydrogen) atoms. The molecule has 538 valence electrons. The second kappa shape index (κ2) is 39.2. The molecule has 0 aliphatic rings. The molecule has 5 aromatic heterocycles. The number of aliphatic hydroxyl groups is 4. The van der Waals surface area contributed by atoms with Crippen LogP contribution in [0.1, 0.15) is 114 Å². The van der Waals surface area contributed by atoms with Gasteiger partial charge in [0.05, 0.1) is 29.3 Å². The van der Waals surface area contributed by atoms with Crippen LogP contribution in [0.15, 0.2) is 261 Å². The molecule has 12 aromatic rings. The fourth-order valence-corrected chi connectivity index (χ4v) is 9.87. The van der Waals surface area contributed by atoms with Crippen molar-refractivity contribution in [1.29, 1.82) is 0 Å². The minimum atomic E-state index is -1.04. The van der Waals surface area contributed by atoms with E-state index in [1.165, 1.54) is 17.7 Å². The molecule has 0 saturated carbocycles. The number of hydrogen-bond acceptors (Lipinski definition) is 17. The molecule has 0 bridgehead atoms. The van der Waals surface area contributed by atoms with Gasteiger partial charge in [-0.1, -0.05) is 95.3 Å². The Bertz CT molecular complexity index is 4530. The summed E-state index contributed by atoms with van der Waals surface area (Å²) >= 11 is 0. The number of carbonyl (C=O) groups is 4. The Balaban J connectivity index is 0.000000178. The average molecular weight is 1420 g/mol. The lowest BCUT2D eigenvalue weighted by Crippen LogP contribution is -2.20. The van der Waals surface area contributed by atoms with Gasteiger partial charge in [0, 0.05) is 34.5 Å². The number of halogens is 1. The highest BCUT2D eigenvalue weighted by atomic mass is 19.1. The van der Waals surface area contributed by atoms with Crippen molar-refractivity contribution in [3.63, 3.8) is 0 Å². The fourth-order valence-electron chi connectivity index (χ4n) is 9.87. The summed E-state index contributed by atoms with van der Waals surface area (Å²) in [6.45, 7) is 18.0. The highest BCUT2D eigenvalue weighted by molar-refractivity contribution is 6.00. The van der Waals surface area contributed by atoms with E-state index in [1.807, 2.05) is 153 Å². The van der Waals surface area contributed by atoms with Gasteiger partial charge in [0.1, 0.15) is 93.3 Å². The summed E-state index contributed by atoms with van der Waals surface area (Å²) < 4.78 is 35.9. The zero-order valence-corrected chi connectivity index (χ0v) is 58.6. The van der Waals surface area contributed by atoms with E-state index in [0.717, 1.165) is 39.3 Å². The molecule has 0 amide bonds. The smallest absolute Gasteiger partial charge is 0.219 e. The number of nitrogens with zero attached hydrogens (tertiary/aromatic N) is 6. The first-order chi connectivity index (χ1) is 50.8. The fraction of sp³-hybridized carbons (Fsp3) is 0.172. The number of aliphatic hydroxyl groups excluding tert-OH is 4. The Morgan fingerprint density at radius 2 is 0.613 bits per heavy atom. The molecule has 7 aromatic carbocycles. The van der Waals surface area contributed by atoms with Crippen LogP contribution >= 0.6 is 0 Å². The number of ketones is 4. The van der Waals surface area contributed by atoms with Crippen LogP contribution in [0.25, 0.3) is 49.9 Å². The van der Waals surface area contributed by atoms with E-state index in [1.54, 1.807) is 137 Å². The lowest BCUT2D eigenvalue weighted by atomic mass is 10.1. The summed E-state index contributed by atoms with van der Waals surface area (Å²) in [6.07, 6.45) is -0.908. The highest BCUT2D eigenvalue weighted by Crippen LogP contribution is 2.31. The van der Waals surface area contributed by atoms with Gasteiger partial charge in [-0.2, -0.15) is 0 Å². The molecule has 0 saturated heterocycles. The van der Waals surface area contributed by atoms with Crippen molar-refractivity contribution in [1.82, 2.24) is 24.9 Å². The number of pyridine rings is 5. The third-order valence-electron chi connectivity index (χ3n) is 16.0. The third kappa shape index (κ3) is 22.7. The monoisotopic (exact) mass is 1420 g/mol. The first kappa shape index (κ1) is 79.1. The average Bonchev–Trinajstić information content (AvgIpc) is 0.848. The Morgan fingerprint density at radius 3 is 0.877 bits per heavy atom. The number of Topliss-reactive ketones (excluding diaryl/α,β-unsaturated/α-hetero) is 4. The zero-order valence-electron chi connectivity index (χ0n) is 58.6. The molecule has 18 nitrogen and oxygen atoms in total. The highest BCUT2D eigenvalue weighted by Gasteiger charge is 2.21. The van der Waals surface area contributed by atoms with Crippen molar-refractivity contribution in [2.75, 3.05) is 0 Å². The summed E-state index contributed by atoms with van der Waals surface area (Å²) in [5.74, 6) is 3.36. The van der Waals surface area contributed by atoms with Gasteiger partial charge in [0.2, 0.25) is 29.0 Å². The molecule has 0 spiro atoms. The summed E-state index contributed by atoms with van der Waals surface area (Å²) in [7, 11) is 0. The molecular weight excluding hydrogens is 1340 g/mol. The maximum Gasteiger partial charge on any atom is 0.219 e. The van der Waals surface area contributed by atoms with E-state index in [0.29, 0.717) is 88.8 Å². The third-order valence-corrected chi connectivity index (χ3v) is 16.0. The maximum atomic E-state index is 12.9. The van der Waals surface area contributed by atoms with Gasteiger partial charge in [-0.3, -0.25) is 19.2 Å². The molecule has 12 rings (SSSR count). The van der Waals surface area contributed by atoms with Crippen molar-refractivity contribution in [2.45, 2.75) is 99.1 Å². The van der Waals surface area contributed by atoms with Crippen molar-refractivity contribution >= 4 is 28.8 Å². The maximum absolute atomic E-state index is 12.9. The second-order valence-electron chi connectivity index (χ2n) is 23.8. The summed E-state index contributed by atoms with van der Waals surface area (Å²) in [4.78, 5) is 73.4. The summed E-state index contributed by atoms with van der Waals surface area (Å²) in [6, 6.07) is 74.5. The minimum absolute atomic E-state index is 0. The predicted octanol–water partition coefficient (Wildman–Crippen LogP) is 19.3. The van der Waals surface area contributed by atoms with Gasteiger partial charge < -0.3 is 39.4 Å². The van der Waals surface area contributed by atoms with Gasteiger partial charge in [-0.05, 0) is 239 Å². The Morgan fingerprint density at radius 1 is 0.358 bits per heavy atom. The van der Waals surface area contributed by atoms with Crippen LogP contribution in [0.2, 0.25) is 0 Å². The van der Waals surface area contributed by atoms with Gasteiger partial charge in [0.15, 0.2) is 5.69 Å². The van der Waals surface area contributed by atoms with E-state index in [9.17, 15) is 44.0 Å². The second-order valence-corrected chi connectivity index (χ2v) is 23.8. The molecule has 0 fully saturated rings. The Labute approximate surface area is 616 Å². The SMILES string of the molecule is C.CC[C@H](O)C(=O)c1cccc(-c2ccc(Oc3ccc(C)cc3)cc2)n1.CC[C@H](O)C(=O)c1cccc(-c2ccc(Oc3ccc(C)cn3)cc2)n1.CC[C@H](O)C(=O)c1cccc(-c2ccc(Oc3ccc(F)cc3)cc2)n1.[C-]#[N+]c1ccc(Oc2ccc(-c3cccc(C(=O)[C@@H](O)CC)n3)cc2)cc1. The van der Waals surface area contributed by atoms with E-state index >= 15 is 0 Å². The summed E-state index contributed by atoms with van der Waals surface area (Å²) in [5.41, 5.74) is 9.86. The van der Waals surface area contributed by atoms with Crippen LogP contribution in [0, 0.1) is 26.2 Å². The molecule has 5 heterocycles. The van der Waals surface area contributed by atoms with Gasteiger partial charge in [-0.25, -0.2) is 34.2 Å². The number of hydrogen-bond donors (Lipinski definition) is 4. The van der Waals surface area contributed by atoms with Crippen LogP contribution in [0.3, 0.4) is 0 Å². The predicted molar refractivity (Wildman–Crippen MR) is 407 cm³/mol. The van der Waals surface area contributed by atoms with Crippen LogP contribution in [0.5, 0.6) is 46.1 Å². The molecule has 0 aliphatic carbocycles. The molecule has 0 unspecified atom stereocenters. The largest absolute Gasteiger partial charge is 0.457 e. The molecule has 4 atom stereocenters. The first-order valence-electron chi connectivity index (χ1n) is 33.9. The molecule has 4 N–H and O–H groups in total. The lowest BCUT2D eigenvalue weighted by molar-refractivity contribution is 0.0732. The normalized spacial score (nSPS) is 11.6. The van der Waals surface area contributed by atoms with Gasteiger partial charge in [0.25, 0.3) is 0 Å². The van der Waals surface area contributed by atoms with Gasteiger partial charge >= 0.3 is 0 Å². The van der Waals surface area contributed by atoms with E-state index in [2.05, 4.69) is 29.8 Å². The topological polar surface area (TPSA) is 255 Å². The number of aryl methyl sites for hydroxylation is 2. The number of benzene rings is 7. The van der Waals surface area contributed by atoms with Crippen molar-refractivity contribution in [3.05, 3.63) is 312 Å². The molecular formula is C87H81FN6O12. The minimum Gasteiger partial charge on any atom is -0.457 e. The van der Waals surface area contributed by atoms with Crippen LogP contribution in [0.4, 0.5) is 10.1 Å². The van der Waals surface area contributed by atoms with Crippen LogP contribution in [-0.2, 0) is 0 Å². The molecule has 19 heteroatoms. The number of rotatable bonds is 24. The van der Waals surface area contributed by atoms with E-state index < -0.39 is 24.4 Å². The van der Waals surface area contributed by atoms with E-state index in [-0.39, 0.29) is 59.2 Å². The van der Waals surface area contributed by atoms with Gasteiger partial charge in [-0.15, -0.1) is 0 Å². The molecule has 0 aliphatic heterocycles. The lowest BCUT2D eigenvalue weighted by Gasteiger charge is -2.09. The standard InChI is InChI=1S/C22H18N2O3.C22H21NO3.C21H18FNO3.C21H20N2O3.CH4/c1-3-21(25)22(26)20-6-4-5-19(24-20)15-7-11-17(12-8-15)27-18-13-9-16(23-2)10-14-18;1-3-21(24)22(25)20-6-4-5-19(23-20)16-9-13-18(14-10-16)26-17-11-7-15(2)8-12-17;1-2-20(24)21(25)19-5-3-4-18(23-19)14-6-10-16(11-7-14)26-17-12-8-15(22)9-13-17;1-3-19(24)21(25)18-6-4-5-17(23-18)15-8-10-16(11-9-15)26-20-12-7-14(2)13-22-20;/h4-14,21,25H,3H2,1H3;4-14,21,24H,3H2,1-2H3;3-13,20,24H,2H2,1H3;4-13,19,24H,3H2,1-2H3;1H4/t2*21-;20-;19-;/m0000./s1.